The van der Waals surface area contributed by atoms with Gasteiger partial charge >= 0.3 is 0 Å². The Morgan fingerprint density at radius 2 is 1.00 bits per heavy atom. The van der Waals surface area contributed by atoms with Crippen LogP contribution >= 0.6 is 7.26 Å². The van der Waals surface area contributed by atoms with Crippen LogP contribution < -0.4 is 0 Å². The highest BCUT2D eigenvalue weighted by atomic mass is 31.2. The molecule has 0 saturated carbocycles. The van der Waals surface area contributed by atoms with Gasteiger partial charge in [0.25, 0.3) is 5.97 Å². The molecule has 0 saturated heterocycles. The van der Waals surface area contributed by atoms with Crippen molar-refractivity contribution in [2.24, 2.45) is 0 Å². The van der Waals surface area contributed by atoms with Crippen LogP contribution in [0.2, 0.25) is 0 Å². The maximum Gasteiger partial charge on any atom is 0.282 e. The summed E-state index contributed by atoms with van der Waals surface area (Å²) in [6.45, 7) is 11.4. The Balaban J connectivity index is 0. The van der Waals surface area contributed by atoms with Crippen LogP contribution in [0.15, 0.2) is 0 Å². The highest BCUT2D eigenvalue weighted by molar-refractivity contribution is 7.73. The van der Waals surface area contributed by atoms with Gasteiger partial charge in [0.1, 0.15) is 0 Å². The van der Waals surface area contributed by atoms with Gasteiger partial charge in [-0.25, -0.2) is 0 Å². The molecule has 0 aliphatic heterocycles. The zero-order chi connectivity index (χ0) is 16.8. The third-order valence-corrected chi connectivity index (χ3v) is 3.02. The van der Waals surface area contributed by atoms with E-state index >= 15 is 0 Å². The molecule has 4 heteroatoms. The average molecular weight is 323 g/mol. The minimum absolute atomic E-state index is 0.389. The molecule has 0 unspecified atom stereocenters. The second-order valence-electron chi connectivity index (χ2n) is 6.85. The predicted molar refractivity (Wildman–Crippen MR) is 97.0 cm³/mol. The van der Waals surface area contributed by atoms with Gasteiger partial charge in [-0.3, -0.25) is 0 Å². The molecule has 0 radical (unpaired) electrons. The first kappa shape index (κ1) is 23.6. The number of rotatable bonds is 11. The van der Waals surface area contributed by atoms with Crippen LogP contribution in [0, 0.1) is 0 Å². The molecule has 21 heavy (non-hydrogen) atoms. The SMILES string of the molecule is CCCCCCCCCC(OC)(OC)OC.C[P+](C)(C)C. The fraction of sp³-hybridized carbons (Fsp3) is 1.00. The van der Waals surface area contributed by atoms with Crippen molar-refractivity contribution < 1.29 is 14.2 Å². The Bertz CT molecular complexity index is 196. The highest BCUT2D eigenvalue weighted by Crippen LogP contribution is 2.40. The van der Waals surface area contributed by atoms with Crippen molar-refractivity contribution in [2.75, 3.05) is 48.0 Å². The first-order chi connectivity index (χ1) is 9.74. The molecule has 0 aromatic rings. The van der Waals surface area contributed by atoms with Gasteiger partial charge in [-0.15, -0.1) is 0 Å². The van der Waals surface area contributed by atoms with E-state index in [0.29, 0.717) is 0 Å². The second kappa shape index (κ2) is 13.9. The van der Waals surface area contributed by atoms with Gasteiger partial charge in [-0.05, 0) is 6.42 Å². The quantitative estimate of drug-likeness (QED) is 0.295. The molecule has 0 fully saturated rings. The number of unbranched alkanes of at least 4 members (excludes halogenated alkanes) is 6. The summed E-state index contributed by atoms with van der Waals surface area (Å²) < 4.78 is 15.7. The Hall–Kier alpha value is 0.310. The van der Waals surface area contributed by atoms with E-state index in [4.69, 9.17) is 14.2 Å². The lowest BCUT2D eigenvalue weighted by Crippen LogP contribution is -2.35. The fourth-order valence-electron chi connectivity index (χ4n) is 1.85. The molecule has 130 valence electrons. The summed E-state index contributed by atoms with van der Waals surface area (Å²) in [5, 5.41) is 0. The van der Waals surface area contributed by atoms with E-state index in [1.807, 2.05) is 0 Å². The van der Waals surface area contributed by atoms with E-state index < -0.39 is 5.97 Å². The lowest BCUT2D eigenvalue weighted by atomic mass is 10.1. The minimum atomic E-state index is -0.830. The highest BCUT2D eigenvalue weighted by Gasteiger charge is 2.28. The van der Waals surface area contributed by atoms with Crippen LogP contribution in [0.3, 0.4) is 0 Å². The lowest BCUT2D eigenvalue weighted by molar-refractivity contribution is -0.355. The summed E-state index contributed by atoms with van der Waals surface area (Å²) in [4.78, 5) is 0. The van der Waals surface area contributed by atoms with Crippen LogP contribution in [0.5, 0.6) is 0 Å². The maximum atomic E-state index is 5.24. The van der Waals surface area contributed by atoms with Crippen LogP contribution in [-0.4, -0.2) is 54.0 Å². The topological polar surface area (TPSA) is 27.7 Å². The van der Waals surface area contributed by atoms with Crippen molar-refractivity contribution in [3.05, 3.63) is 0 Å². The number of methoxy groups -OCH3 is 3. The van der Waals surface area contributed by atoms with Gasteiger partial charge in [0.2, 0.25) is 0 Å². The maximum absolute atomic E-state index is 5.24. The van der Waals surface area contributed by atoms with Crippen LogP contribution in [0.25, 0.3) is 0 Å². The van der Waals surface area contributed by atoms with Crippen molar-refractivity contribution in [2.45, 2.75) is 64.3 Å². The van der Waals surface area contributed by atoms with Gasteiger partial charge in [0, 0.05) is 61.7 Å². The van der Waals surface area contributed by atoms with E-state index in [-0.39, 0.29) is 7.26 Å². The standard InChI is InChI=1S/C13H28O3.C4H12P/c1-5-6-7-8-9-10-11-12-13(14-2,15-3)16-4;1-5(2,3)4/h5-12H2,1-4H3;1-4H3/q;+1. The van der Waals surface area contributed by atoms with Crippen LogP contribution in [0.1, 0.15) is 58.3 Å². The van der Waals surface area contributed by atoms with E-state index in [1.165, 1.54) is 38.5 Å². The van der Waals surface area contributed by atoms with Gasteiger partial charge in [-0.1, -0.05) is 45.4 Å². The van der Waals surface area contributed by atoms with Gasteiger partial charge < -0.3 is 14.2 Å². The normalized spacial score (nSPS) is 12.0. The summed E-state index contributed by atoms with van der Waals surface area (Å²) in [7, 11) is 4.47. The lowest BCUT2D eigenvalue weighted by Gasteiger charge is -2.28. The molecule has 0 aromatic heterocycles. The van der Waals surface area contributed by atoms with Crippen molar-refractivity contribution >= 4 is 7.26 Å². The van der Waals surface area contributed by atoms with Crippen molar-refractivity contribution in [3.63, 3.8) is 0 Å². The molecule has 0 amide bonds. The number of hydrogen-bond donors (Lipinski definition) is 0. The number of hydrogen-bond acceptors (Lipinski definition) is 3. The van der Waals surface area contributed by atoms with E-state index in [1.54, 1.807) is 21.3 Å². The Morgan fingerprint density at radius 1 is 0.667 bits per heavy atom. The summed E-state index contributed by atoms with van der Waals surface area (Å²) in [5.74, 6) is -0.830. The van der Waals surface area contributed by atoms with Crippen molar-refractivity contribution in [3.8, 4) is 0 Å². The first-order valence-corrected chi connectivity index (χ1v) is 11.8. The molecule has 0 heterocycles. The van der Waals surface area contributed by atoms with Crippen molar-refractivity contribution in [1.29, 1.82) is 0 Å². The third-order valence-electron chi connectivity index (χ3n) is 3.02. The van der Waals surface area contributed by atoms with E-state index in [2.05, 4.69) is 33.6 Å². The molecule has 0 spiro atoms. The molecule has 3 nitrogen and oxygen atoms in total. The first-order valence-electron chi connectivity index (χ1n) is 8.19. The zero-order valence-corrected chi connectivity index (χ0v) is 16.7. The van der Waals surface area contributed by atoms with Crippen LogP contribution in [-0.2, 0) is 14.2 Å². The minimum Gasteiger partial charge on any atom is -0.331 e. The monoisotopic (exact) mass is 323 g/mol. The van der Waals surface area contributed by atoms with Crippen molar-refractivity contribution in [1.82, 2.24) is 0 Å². The summed E-state index contributed by atoms with van der Waals surface area (Å²) in [5.41, 5.74) is 0. The Morgan fingerprint density at radius 3 is 1.33 bits per heavy atom. The molecule has 0 rings (SSSR count). The largest absolute Gasteiger partial charge is 0.331 e. The van der Waals surface area contributed by atoms with Gasteiger partial charge in [0.15, 0.2) is 0 Å². The number of ether oxygens (including phenoxy) is 3. The molecular formula is C17H40O3P+. The average Bonchev–Trinajstić information content (AvgIpc) is 2.41. The van der Waals surface area contributed by atoms with Crippen LogP contribution in [0.4, 0.5) is 0 Å². The molecule has 0 aliphatic rings. The summed E-state index contributed by atoms with van der Waals surface area (Å²) in [6.07, 6.45) is 9.77. The Labute approximate surface area is 134 Å². The van der Waals surface area contributed by atoms with E-state index in [9.17, 15) is 0 Å². The van der Waals surface area contributed by atoms with E-state index in [0.717, 1.165) is 12.8 Å². The smallest absolute Gasteiger partial charge is 0.282 e. The van der Waals surface area contributed by atoms with Gasteiger partial charge in [0.05, 0.1) is 0 Å². The molecule has 0 atom stereocenters. The third kappa shape index (κ3) is 18.3. The summed E-state index contributed by atoms with van der Waals surface area (Å²) in [6, 6.07) is 0. The molecule has 0 aromatic carbocycles. The van der Waals surface area contributed by atoms with Gasteiger partial charge in [-0.2, -0.15) is 0 Å². The predicted octanol–water partition coefficient (Wildman–Crippen LogP) is 5.24. The summed E-state index contributed by atoms with van der Waals surface area (Å²) >= 11 is 0. The molecule has 0 bridgehead atoms. The fourth-order valence-corrected chi connectivity index (χ4v) is 1.85. The molecule has 0 N–H and O–H groups in total. The zero-order valence-electron chi connectivity index (χ0n) is 15.8. The Kier molecular flexibility index (Phi) is 15.6. The molecule has 0 aliphatic carbocycles. The second-order valence-corrected chi connectivity index (χ2v) is 12.2. The molecular weight excluding hydrogens is 283 g/mol.